The lowest BCUT2D eigenvalue weighted by Crippen LogP contribution is -2.48. The van der Waals surface area contributed by atoms with Gasteiger partial charge in [-0.3, -0.25) is 9.59 Å². The predicted molar refractivity (Wildman–Crippen MR) is 99.0 cm³/mol. The molecule has 1 N–H and O–H groups in total. The third kappa shape index (κ3) is 4.42. The molecule has 2 amide bonds. The van der Waals surface area contributed by atoms with Crippen molar-refractivity contribution in [1.29, 1.82) is 0 Å². The number of nitrogens with zero attached hydrogens (tertiary/aromatic N) is 2. The molecule has 142 valence electrons. The van der Waals surface area contributed by atoms with Gasteiger partial charge in [0, 0.05) is 43.3 Å². The lowest BCUT2D eigenvalue weighted by molar-refractivity contribution is 0.0643. The molecule has 2 aliphatic heterocycles. The molecule has 1 aromatic carbocycles. The van der Waals surface area contributed by atoms with Crippen molar-refractivity contribution in [3.05, 3.63) is 35.4 Å². The number of sulfone groups is 1. The summed E-state index contributed by atoms with van der Waals surface area (Å²) < 4.78 is 22.9. The fourth-order valence-electron chi connectivity index (χ4n) is 3.39. The molecular weight excluding hydrogens is 354 g/mol. The van der Waals surface area contributed by atoms with E-state index in [0.717, 1.165) is 19.6 Å². The van der Waals surface area contributed by atoms with E-state index in [1.807, 2.05) is 4.90 Å². The molecule has 2 saturated heterocycles. The maximum absolute atomic E-state index is 12.6. The summed E-state index contributed by atoms with van der Waals surface area (Å²) in [7, 11) is -3.03. The predicted octanol–water partition coefficient (Wildman–Crippen LogP) is 0.381. The van der Waals surface area contributed by atoms with Crippen molar-refractivity contribution in [3.8, 4) is 0 Å². The molecule has 2 fully saturated rings. The van der Waals surface area contributed by atoms with Gasteiger partial charge in [0.15, 0.2) is 9.84 Å². The largest absolute Gasteiger partial charge is 0.348 e. The zero-order valence-electron chi connectivity index (χ0n) is 15.0. The van der Waals surface area contributed by atoms with Crippen LogP contribution in [0, 0.1) is 0 Å². The number of carbonyl (C=O) groups excluding carboxylic acids is 2. The van der Waals surface area contributed by atoms with Crippen LogP contribution in [-0.4, -0.2) is 80.3 Å². The molecule has 3 rings (SSSR count). The van der Waals surface area contributed by atoms with Crippen LogP contribution in [0.25, 0.3) is 0 Å². The van der Waals surface area contributed by atoms with Crippen molar-refractivity contribution in [2.24, 2.45) is 0 Å². The second-order valence-corrected chi connectivity index (χ2v) is 9.11. The van der Waals surface area contributed by atoms with E-state index in [1.165, 1.54) is 0 Å². The Hall–Kier alpha value is -1.93. The molecule has 2 aliphatic rings. The van der Waals surface area contributed by atoms with Crippen LogP contribution < -0.4 is 5.32 Å². The first-order chi connectivity index (χ1) is 12.4. The molecule has 0 spiro atoms. The first kappa shape index (κ1) is 18.8. The van der Waals surface area contributed by atoms with Crippen molar-refractivity contribution < 1.29 is 18.0 Å². The number of rotatable bonds is 4. The molecule has 2 heterocycles. The lowest BCUT2D eigenvalue weighted by Gasteiger charge is -2.34. The molecule has 0 saturated carbocycles. The molecule has 0 bridgehead atoms. The maximum atomic E-state index is 12.6. The van der Waals surface area contributed by atoms with Gasteiger partial charge in [-0.25, -0.2) is 8.42 Å². The molecular formula is C18H25N3O4S. The highest BCUT2D eigenvalue weighted by atomic mass is 32.2. The Bertz CT molecular complexity index is 768. The van der Waals surface area contributed by atoms with Crippen LogP contribution in [0.4, 0.5) is 0 Å². The van der Waals surface area contributed by atoms with Crippen LogP contribution in [0.1, 0.15) is 34.1 Å². The molecule has 0 aromatic heterocycles. The first-order valence-corrected chi connectivity index (χ1v) is 10.8. The Balaban J connectivity index is 1.58. The van der Waals surface area contributed by atoms with E-state index >= 15 is 0 Å². The van der Waals surface area contributed by atoms with Gasteiger partial charge in [0.05, 0.1) is 11.5 Å². The van der Waals surface area contributed by atoms with Gasteiger partial charge in [0.1, 0.15) is 0 Å². The zero-order chi connectivity index (χ0) is 18.7. The SMILES string of the molecule is CCN1CCN(C(=O)c2ccc(C(=O)NC3CCS(=O)(=O)C3)cc2)CC1. The van der Waals surface area contributed by atoms with Crippen LogP contribution >= 0.6 is 0 Å². The summed E-state index contributed by atoms with van der Waals surface area (Å²) in [4.78, 5) is 29.0. The molecule has 1 atom stereocenters. The van der Waals surface area contributed by atoms with E-state index in [9.17, 15) is 18.0 Å². The number of benzene rings is 1. The number of nitrogens with one attached hydrogen (secondary N) is 1. The van der Waals surface area contributed by atoms with E-state index in [-0.39, 0.29) is 29.4 Å². The van der Waals surface area contributed by atoms with Crippen molar-refractivity contribution in [2.45, 2.75) is 19.4 Å². The van der Waals surface area contributed by atoms with Gasteiger partial charge >= 0.3 is 0 Å². The smallest absolute Gasteiger partial charge is 0.253 e. The minimum absolute atomic E-state index is 0.000945. The third-order valence-corrected chi connectivity index (χ3v) is 6.84. The highest BCUT2D eigenvalue weighted by Gasteiger charge is 2.29. The number of amides is 2. The molecule has 0 radical (unpaired) electrons. The van der Waals surface area contributed by atoms with Crippen LogP contribution in [0.5, 0.6) is 0 Å². The van der Waals surface area contributed by atoms with Gasteiger partial charge in [-0.05, 0) is 37.2 Å². The number of carbonyl (C=O) groups is 2. The highest BCUT2D eigenvalue weighted by Crippen LogP contribution is 2.14. The topological polar surface area (TPSA) is 86.8 Å². The summed E-state index contributed by atoms with van der Waals surface area (Å²) in [5, 5.41) is 2.76. The van der Waals surface area contributed by atoms with Crippen molar-refractivity contribution in [2.75, 3.05) is 44.2 Å². The minimum Gasteiger partial charge on any atom is -0.348 e. The Labute approximate surface area is 154 Å². The minimum atomic E-state index is -3.03. The Morgan fingerprint density at radius 1 is 1.08 bits per heavy atom. The second-order valence-electron chi connectivity index (χ2n) is 6.88. The quantitative estimate of drug-likeness (QED) is 0.817. The standard InChI is InChI=1S/C18H25N3O4S/c1-2-20-8-10-21(11-9-20)18(23)15-5-3-14(4-6-15)17(22)19-16-7-12-26(24,25)13-16/h3-6,16H,2,7-13H2,1H3,(H,19,22). The Kier molecular flexibility index (Phi) is 5.62. The van der Waals surface area contributed by atoms with Gasteiger partial charge in [0.2, 0.25) is 0 Å². The number of piperazine rings is 1. The third-order valence-electron chi connectivity index (χ3n) is 5.07. The molecule has 1 aromatic rings. The number of likely N-dealkylation sites (N-methyl/N-ethyl adjacent to an activating group) is 1. The zero-order valence-corrected chi connectivity index (χ0v) is 15.8. The van der Waals surface area contributed by atoms with Gasteiger partial charge in [-0.2, -0.15) is 0 Å². The lowest BCUT2D eigenvalue weighted by atomic mass is 10.1. The highest BCUT2D eigenvalue weighted by molar-refractivity contribution is 7.91. The number of hydrogen-bond donors (Lipinski definition) is 1. The Morgan fingerprint density at radius 2 is 1.69 bits per heavy atom. The average Bonchev–Trinajstić information content (AvgIpc) is 2.99. The van der Waals surface area contributed by atoms with Crippen LogP contribution in [0.2, 0.25) is 0 Å². The molecule has 26 heavy (non-hydrogen) atoms. The van der Waals surface area contributed by atoms with E-state index in [2.05, 4.69) is 17.1 Å². The Morgan fingerprint density at radius 3 is 2.23 bits per heavy atom. The average molecular weight is 379 g/mol. The van der Waals surface area contributed by atoms with Crippen molar-refractivity contribution in [1.82, 2.24) is 15.1 Å². The molecule has 1 unspecified atom stereocenters. The summed E-state index contributed by atoms with van der Waals surface area (Å²) in [5.41, 5.74) is 0.997. The van der Waals surface area contributed by atoms with Crippen molar-refractivity contribution >= 4 is 21.7 Å². The van der Waals surface area contributed by atoms with Crippen LogP contribution in [0.15, 0.2) is 24.3 Å². The van der Waals surface area contributed by atoms with Crippen LogP contribution in [-0.2, 0) is 9.84 Å². The fourth-order valence-corrected chi connectivity index (χ4v) is 5.06. The summed E-state index contributed by atoms with van der Waals surface area (Å²) in [6.07, 6.45) is 0.453. The maximum Gasteiger partial charge on any atom is 0.253 e. The second kappa shape index (κ2) is 7.75. The van der Waals surface area contributed by atoms with Crippen LogP contribution in [0.3, 0.4) is 0 Å². The van der Waals surface area contributed by atoms with Gasteiger partial charge in [0.25, 0.3) is 11.8 Å². The van der Waals surface area contributed by atoms with E-state index in [0.29, 0.717) is 30.6 Å². The summed E-state index contributed by atoms with van der Waals surface area (Å²) >= 11 is 0. The summed E-state index contributed by atoms with van der Waals surface area (Å²) in [6.45, 7) is 6.30. The summed E-state index contributed by atoms with van der Waals surface area (Å²) in [6, 6.07) is 6.23. The monoisotopic (exact) mass is 379 g/mol. The molecule has 0 aliphatic carbocycles. The van der Waals surface area contributed by atoms with Gasteiger partial charge in [-0.15, -0.1) is 0 Å². The fraction of sp³-hybridized carbons (Fsp3) is 0.556. The van der Waals surface area contributed by atoms with E-state index in [4.69, 9.17) is 0 Å². The normalized spacial score (nSPS) is 23.0. The van der Waals surface area contributed by atoms with Gasteiger partial charge < -0.3 is 15.1 Å². The number of hydrogen-bond acceptors (Lipinski definition) is 5. The summed E-state index contributed by atoms with van der Waals surface area (Å²) in [5.74, 6) is -0.201. The van der Waals surface area contributed by atoms with E-state index in [1.54, 1.807) is 24.3 Å². The van der Waals surface area contributed by atoms with Gasteiger partial charge in [-0.1, -0.05) is 6.92 Å². The molecule has 8 heteroatoms. The van der Waals surface area contributed by atoms with E-state index < -0.39 is 9.84 Å². The van der Waals surface area contributed by atoms with Crippen molar-refractivity contribution in [3.63, 3.8) is 0 Å². The molecule has 7 nitrogen and oxygen atoms in total. The first-order valence-electron chi connectivity index (χ1n) is 9.01.